The van der Waals surface area contributed by atoms with Gasteiger partial charge in [0.15, 0.2) is 0 Å². The second-order valence-electron chi connectivity index (χ2n) is 6.21. The van der Waals surface area contributed by atoms with E-state index in [4.69, 9.17) is 0 Å². The van der Waals surface area contributed by atoms with Crippen molar-refractivity contribution in [2.24, 2.45) is 5.92 Å². The first-order chi connectivity index (χ1) is 10.2. The summed E-state index contributed by atoms with van der Waals surface area (Å²) in [5.41, 5.74) is 1.13. The molecule has 0 saturated carbocycles. The molecule has 4 nitrogen and oxygen atoms in total. The lowest BCUT2D eigenvalue weighted by Crippen LogP contribution is -2.44. The fraction of sp³-hybridized carbons (Fsp3) is 0.647. The molecule has 2 rings (SSSR count). The van der Waals surface area contributed by atoms with E-state index in [0.29, 0.717) is 12.3 Å². The predicted octanol–water partition coefficient (Wildman–Crippen LogP) is 2.25. The molecule has 1 atom stereocenters. The van der Waals surface area contributed by atoms with Crippen LogP contribution in [0.3, 0.4) is 0 Å². The second-order valence-corrected chi connectivity index (χ2v) is 6.21. The number of pyridine rings is 1. The first-order valence-electron chi connectivity index (χ1n) is 8.06. The number of rotatable bonds is 6. The molecule has 1 aromatic rings. The molecule has 1 N–H and O–H groups in total. The van der Waals surface area contributed by atoms with Crippen LogP contribution < -0.4 is 5.32 Å². The molecule has 1 amide bonds. The van der Waals surface area contributed by atoms with Crippen LogP contribution in [0.25, 0.3) is 0 Å². The SMILES string of the molecule is CC(C)N(CC1CCCNC1)C(=O)CCc1cccnc1. The smallest absolute Gasteiger partial charge is 0.223 e. The van der Waals surface area contributed by atoms with Crippen LogP contribution in [0.5, 0.6) is 0 Å². The van der Waals surface area contributed by atoms with Crippen LogP contribution >= 0.6 is 0 Å². The van der Waals surface area contributed by atoms with E-state index < -0.39 is 0 Å². The normalized spacial score (nSPS) is 18.7. The first-order valence-corrected chi connectivity index (χ1v) is 8.06. The molecule has 1 aromatic heterocycles. The van der Waals surface area contributed by atoms with Gasteiger partial charge in [0.1, 0.15) is 0 Å². The summed E-state index contributed by atoms with van der Waals surface area (Å²) in [7, 11) is 0. The summed E-state index contributed by atoms with van der Waals surface area (Å²) in [6.07, 6.45) is 7.41. The number of hydrogen-bond acceptors (Lipinski definition) is 3. The quantitative estimate of drug-likeness (QED) is 0.873. The monoisotopic (exact) mass is 289 g/mol. The summed E-state index contributed by atoms with van der Waals surface area (Å²) in [6.45, 7) is 7.26. The minimum Gasteiger partial charge on any atom is -0.340 e. The Hall–Kier alpha value is -1.42. The highest BCUT2D eigenvalue weighted by molar-refractivity contribution is 5.76. The first kappa shape index (κ1) is 16.0. The molecule has 4 heteroatoms. The van der Waals surface area contributed by atoms with E-state index in [-0.39, 0.29) is 11.9 Å². The average Bonchev–Trinajstić information content (AvgIpc) is 2.52. The zero-order chi connectivity index (χ0) is 15.1. The molecule has 1 saturated heterocycles. The molecule has 116 valence electrons. The zero-order valence-electron chi connectivity index (χ0n) is 13.2. The fourth-order valence-corrected chi connectivity index (χ4v) is 2.90. The molecule has 0 bridgehead atoms. The summed E-state index contributed by atoms with van der Waals surface area (Å²) < 4.78 is 0. The van der Waals surface area contributed by atoms with Gasteiger partial charge in [-0.1, -0.05) is 6.07 Å². The summed E-state index contributed by atoms with van der Waals surface area (Å²) in [5, 5.41) is 3.43. The Labute approximate surface area is 127 Å². The Morgan fingerprint density at radius 1 is 1.52 bits per heavy atom. The van der Waals surface area contributed by atoms with E-state index in [1.807, 2.05) is 23.2 Å². The van der Waals surface area contributed by atoms with Crippen LogP contribution in [0, 0.1) is 5.92 Å². The van der Waals surface area contributed by atoms with Crippen molar-refractivity contribution >= 4 is 5.91 Å². The molecule has 1 aliphatic rings. The van der Waals surface area contributed by atoms with E-state index in [1.165, 1.54) is 12.8 Å². The molecule has 0 spiro atoms. The predicted molar refractivity (Wildman–Crippen MR) is 85.0 cm³/mol. The number of carbonyl (C=O) groups is 1. The maximum absolute atomic E-state index is 12.5. The second kappa shape index (κ2) is 8.13. The Morgan fingerprint density at radius 3 is 3.00 bits per heavy atom. The maximum atomic E-state index is 12.5. The lowest BCUT2D eigenvalue weighted by molar-refractivity contribution is -0.133. The van der Waals surface area contributed by atoms with Gasteiger partial charge in [-0.05, 0) is 63.7 Å². The van der Waals surface area contributed by atoms with E-state index >= 15 is 0 Å². The summed E-state index contributed by atoms with van der Waals surface area (Å²) in [5.74, 6) is 0.864. The highest BCUT2D eigenvalue weighted by Crippen LogP contribution is 2.15. The highest BCUT2D eigenvalue weighted by Gasteiger charge is 2.22. The Kier molecular flexibility index (Phi) is 6.18. The summed E-state index contributed by atoms with van der Waals surface area (Å²) in [4.78, 5) is 18.7. The molecule has 0 aliphatic carbocycles. The van der Waals surface area contributed by atoms with Gasteiger partial charge >= 0.3 is 0 Å². The van der Waals surface area contributed by atoms with Gasteiger partial charge in [-0.2, -0.15) is 0 Å². The van der Waals surface area contributed by atoms with Gasteiger partial charge in [0, 0.05) is 31.4 Å². The third kappa shape index (κ3) is 5.12. The van der Waals surface area contributed by atoms with Crippen molar-refractivity contribution in [3.05, 3.63) is 30.1 Å². The molecule has 0 radical (unpaired) electrons. The molecule has 21 heavy (non-hydrogen) atoms. The van der Waals surface area contributed by atoms with Crippen LogP contribution in [0.2, 0.25) is 0 Å². The van der Waals surface area contributed by atoms with Crippen molar-refractivity contribution < 1.29 is 4.79 Å². The largest absolute Gasteiger partial charge is 0.340 e. The van der Waals surface area contributed by atoms with Gasteiger partial charge < -0.3 is 10.2 Å². The molecular weight excluding hydrogens is 262 g/mol. The van der Waals surface area contributed by atoms with E-state index in [1.54, 1.807) is 6.20 Å². The van der Waals surface area contributed by atoms with Gasteiger partial charge in [-0.15, -0.1) is 0 Å². The molecule has 1 fully saturated rings. The standard InChI is InChI=1S/C17H27N3O/c1-14(2)20(13-16-6-4-10-19-12-16)17(21)8-7-15-5-3-9-18-11-15/h3,5,9,11,14,16,19H,4,6-8,10,12-13H2,1-2H3. The summed E-state index contributed by atoms with van der Waals surface area (Å²) >= 11 is 0. The van der Waals surface area contributed by atoms with Crippen LogP contribution in [-0.4, -0.2) is 41.5 Å². The van der Waals surface area contributed by atoms with Crippen LogP contribution in [0.4, 0.5) is 0 Å². The van der Waals surface area contributed by atoms with Gasteiger partial charge in [0.25, 0.3) is 0 Å². The van der Waals surface area contributed by atoms with Gasteiger partial charge in [0.05, 0.1) is 0 Å². The van der Waals surface area contributed by atoms with Gasteiger partial charge in [-0.25, -0.2) is 0 Å². The highest BCUT2D eigenvalue weighted by atomic mass is 16.2. The van der Waals surface area contributed by atoms with Crippen molar-refractivity contribution in [3.63, 3.8) is 0 Å². The molecule has 1 aliphatic heterocycles. The number of hydrogen-bond donors (Lipinski definition) is 1. The zero-order valence-corrected chi connectivity index (χ0v) is 13.2. The minimum atomic E-state index is 0.263. The van der Waals surface area contributed by atoms with Crippen LogP contribution in [0.15, 0.2) is 24.5 Å². The van der Waals surface area contributed by atoms with Crippen molar-refractivity contribution in [1.82, 2.24) is 15.2 Å². The van der Waals surface area contributed by atoms with Crippen LogP contribution in [0.1, 0.15) is 38.7 Å². The van der Waals surface area contributed by atoms with Crippen molar-refractivity contribution in [2.75, 3.05) is 19.6 Å². The Morgan fingerprint density at radius 2 is 2.38 bits per heavy atom. The molecular formula is C17H27N3O. The van der Waals surface area contributed by atoms with E-state index in [0.717, 1.165) is 31.6 Å². The topological polar surface area (TPSA) is 45.2 Å². The lowest BCUT2D eigenvalue weighted by Gasteiger charge is -2.33. The third-order valence-electron chi connectivity index (χ3n) is 4.15. The van der Waals surface area contributed by atoms with Gasteiger partial charge in [-0.3, -0.25) is 9.78 Å². The number of piperidine rings is 1. The van der Waals surface area contributed by atoms with Crippen molar-refractivity contribution in [2.45, 2.75) is 45.6 Å². The minimum absolute atomic E-state index is 0.263. The number of nitrogens with zero attached hydrogens (tertiary/aromatic N) is 2. The van der Waals surface area contributed by atoms with E-state index in [2.05, 4.69) is 24.1 Å². The lowest BCUT2D eigenvalue weighted by atomic mass is 9.98. The number of nitrogens with one attached hydrogen (secondary N) is 1. The van der Waals surface area contributed by atoms with E-state index in [9.17, 15) is 4.79 Å². The fourth-order valence-electron chi connectivity index (χ4n) is 2.90. The van der Waals surface area contributed by atoms with Crippen molar-refractivity contribution in [3.8, 4) is 0 Å². The number of aromatic nitrogens is 1. The molecule has 1 unspecified atom stereocenters. The average molecular weight is 289 g/mol. The Balaban J connectivity index is 1.86. The summed E-state index contributed by atoms with van der Waals surface area (Å²) in [6, 6.07) is 4.23. The number of aryl methyl sites for hydroxylation is 1. The number of carbonyl (C=O) groups excluding carboxylic acids is 1. The van der Waals surface area contributed by atoms with Gasteiger partial charge in [0.2, 0.25) is 5.91 Å². The maximum Gasteiger partial charge on any atom is 0.223 e. The molecule has 0 aromatic carbocycles. The van der Waals surface area contributed by atoms with Crippen molar-refractivity contribution in [1.29, 1.82) is 0 Å². The third-order valence-corrected chi connectivity index (χ3v) is 4.15. The molecule has 2 heterocycles. The van der Waals surface area contributed by atoms with Crippen LogP contribution in [-0.2, 0) is 11.2 Å². The number of amides is 1. The Bertz CT molecular complexity index is 427.